The van der Waals surface area contributed by atoms with E-state index in [1.165, 1.54) is 6.33 Å². The number of anilines is 1. The monoisotopic (exact) mass is 293 g/mol. The summed E-state index contributed by atoms with van der Waals surface area (Å²) in [6, 6.07) is 3.62. The summed E-state index contributed by atoms with van der Waals surface area (Å²) in [5, 5.41) is 3.48. The van der Waals surface area contributed by atoms with Crippen LogP contribution in [0.15, 0.2) is 18.5 Å². The Labute approximate surface area is 120 Å². The summed E-state index contributed by atoms with van der Waals surface area (Å²) in [5.74, 6) is 2.26. The molecule has 1 aromatic carbocycles. The van der Waals surface area contributed by atoms with E-state index < -0.39 is 0 Å². The topological polar surface area (TPSA) is 65.5 Å². The van der Waals surface area contributed by atoms with E-state index in [2.05, 4.69) is 15.3 Å². The fourth-order valence-electron chi connectivity index (χ4n) is 2.00. The first-order valence-corrected chi connectivity index (χ1v) is 6.28. The standard InChI is InChI=1S/C13H12ClN3O3/c1-18-9-3-7-5-15-11-12(14)16-6-17-13(11)20-8(7)4-10(9)19-2/h3-4,6,15H,5H2,1-2H3. The Bertz CT molecular complexity index is 664. The Hall–Kier alpha value is -2.21. The summed E-state index contributed by atoms with van der Waals surface area (Å²) in [6.07, 6.45) is 1.36. The van der Waals surface area contributed by atoms with Crippen molar-refractivity contribution in [2.75, 3.05) is 19.5 Å². The maximum atomic E-state index is 6.03. The number of methoxy groups -OCH3 is 2. The van der Waals surface area contributed by atoms with Crippen molar-refractivity contribution < 1.29 is 14.2 Å². The van der Waals surface area contributed by atoms with E-state index in [9.17, 15) is 0 Å². The first kappa shape index (κ1) is 12.8. The molecular weight excluding hydrogens is 282 g/mol. The number of nitrogens with zero attached hydrogens (tertiary/aromatic N) is 2. The second-order valence-corrected chi connectivity index (χ2v) is 4.47. The number of ether oxygens (including phenoxy) is 3. The van der Waals surface area contributed by atoms with E-state index in [1.807, 2.05) is 6.07 Å². The summed E-state index contributed by atoms with van der Waals surface area (Å²) in [4.78, 5) is 8.01. The summed E-state index contributed by atoms with van der Waals surface area (Å²) in [5.41, 5.74) is 1.49. The molecule has 0 saturated carbocycles. The maximum absolute atomic E-state index is 6.03. The lowest BCUT2D eigenvalue weighted by atomic mass is 10.1. The molecule has 20 heavy (non-hydrogen) atoms. The van der Waals surface area contributed by atoms with E-state index >= 15 is 0 Å². The molecule has 0 fully saturated rings. The van der Waals surface area contributed by atoms with Gasteiger partial charge in [0.25, 0.3) is 0 Å². The number of benzene rings is 1. The van der Waals surface area contributed by atoms with Gasteiger partial charge in [0.1, 0.15) is 17.8 Å². The molecule has 1 aliphatic heterocycles. The molecule has 0 aliphatic carbocycles. The van der Waals surface area contributed by atoms with Gasteiger partial charge in [-0.05, 0) is 6.07 Å². The fourth-order valence-corrected chi connectivity index (χ4v) is 2.19. The van der Waals surface area contributed by atoms with Crippen molar-refractivity contribution in [3.05, 3.63) is 29.2 Å². The molecule has 1 aliphatic rings. The molecule has 1 N–H and O–H groups in total. The largest absolute Gasteiger partial charge is 0.493 e. The Balaban J connectivity index is 2.09. The molecule has 2 heterocycles. The van der Waals surface area contributed by atoms with Crippen LogP contribution in [0.5, 0.6) is 23.1 Å². The molecule has 0 amide bonds. The van der Waals surface area contributed by atoms with Crippen LogP contribution in [-0.4, -0.2) is 24.2 Å². The van der Waals surface area contributed by atoms with Gasteiger partial charge in [0.15, 0.2) is 16.7 Å². The van der Waals surface area contributed by atoms with Crippen molar-refractivity contribution in [1.82, 2.24) is 9.97 Å². The minimum Gasteiger partial charge on any atom is -0.493 e. The number of hydrogen-bond donors (Lipinski definition) is 1. The second kappa shape index (κ2) is 5.05. The third-order valence-corrected chi connectivity index (χ3v) is 3.28. The molecule has 0 spiro atoms. The molecule has 0 atom stereocenters. The third-order valence-electron chi connectivity index (χ3n) is 3.00. The smallest absolute Gasteiger partial charge is 0.247 e. The predicted molar refractivity (Wildman–Crippen MR) is 74.0 cm³/mol. The molecule has 0 unspecified atom stereocenters. The van der Waals surface area contributed by atoms with Gasteiger partial charge in [-0.1, -0.05) is 11.6 Å². The molecule has 0 bridgehead atoms. The van der Waals surface area contributed by atoms with E-state index in [4.69, 9.17) is 25.8 Å². The molecule has 7 heteroatoms. The summed E-state index contributed by atoms with van der Waals surface area (Å²) in [7, 11) is 3.17. The number of halogens is 1. The first-order valence-electron chi connectivity index (χ1n) is 5.90. The number of hydrogen-bond acceptors (Lipinski definition) is 6. The van der Waals surface area contributed by atoms with Crippen molar-refractivity contribution in [2.24, 2.45) is 0 Å². The van der Waals surface area contributed by atoms with Gasteiger partial charge in [-0.15, -0.1) is 0 Å². The van der Waals surface area contributed by atoms with E-state index in [-0.39, 0.29) is 0 Å². The Kier molecular flexibility index (Phi) is 3.23. The van der Waals surface area contributed by atoms with Crippen molar-refractivity contribution in [2.45, 2.75) is 6.54 Å². The van der Waals surface area contributed by atoms with Crippen molar-refractivity contribution in [3.8, 4) is 23.1 Å². The summed E-state index contributed by atoms with van der Waals surface area (Å²) >= 11 is 6.03. The lowest BCUT2D eigenvalue weighted by Gasteiger charge is -2.12. The highest BCUT2D eigenvalue weighted by atomic mass is 35.5. The molecule has 1 aromatic heterocycles. The summed E-state index contributed by atoms with van der Waals surface area (Å²) < 4.78 is 16.3. The lowest BCUT2D eigenvalue weighted by molar-refractivity contribution is 0.351. The molecule has 3 rings (SSSR count). The number of fused-ring (bicyclic) bond motifs is 2. The average molecular weight is 294 g/mol. The van der Waals surface area contributed by atoms with Crippen molar-refractivity contribution in [1.29, 1.82) is 0 Å². The van der Waals surface area contributed by atoms with Crippen LogP contribution in [0.25, 0.3) is 0 Å². The van der Waals surface area contributed by atoms with Gasteiger partial charge >= 0.3 is 0 Å². The zero-order valence-electron chi connectivity index (χ0n) is 10.9. The average Bonchev–Trinajstić information content (AvgIpc) is 2.65. The molecule has 0 radical (unpaired) electrons. The molecule has 0 saturated heterocycles. The normalized spacial score (nSPS) is 12.3. The highest BCUT2D eigenvalue weighted by Gasteiger charge is 2.20. The van der Waals surface area contributed by atoms with E-state index in [0.717, 1.165) is 5.56 Å². The van der Waals surface area contributed by atoms with Gasteiger partial charge in [0, 0.05) is 18.2 Å². The maximum Gasteiger partial charge on any atom is 0.247 e. The van der Waals surface area contributed by atoms with Gasteiger partial charge in [0.05, 0.1) is 14.2 Å². The van der Waals surface area contributed by atoms with Crippen molar-refractivity contribution >= 4 is 17.3 Å². The fraction of sp³-hybridized carbons (Fsp3) is 0.231. The third kappa shape index (κ3) is 2.08. The van der Waals surface area contributed by atoms with Gasteiger partial charge in [-0.2, -0.15) is 4.98 Å². The molecule has 104 valence electrons. The second-order valence-electron chi connectivity index (χ2n) is 4.12. The van der Waals surface area contributed by atoms with Crippen LogP contribution in [0.3, 0.4) is 0 Å². The predicted octanol–water partition coefficient (Wildman–Crippen LogP) is 2.87. The molecule has 2 aromatic rings. The SMILES string of the molecule is COc1cc2c(cc1OC)Oc1ncnc(Cl)c1NC2. The van der Waals surface area contributed by atoms with Crippen LogP contribution in [0.4, 0.5) is 5.69 Å². The van der Waals surface area contributed by atoms with Gasteiger partial charge in [0.2, 0.25) is 5.88 Å². The highest BCUT2D eigenvalue weighted by molar-refractivity contribution is 6.32. The van der Waals surface area contributed by atoms with Crippen LogP contribution in [0.2, 0.25) is 5.15 Å². The van der Waals surface area contributed by atoms with E-state index in [0.29, 0.717) is 40.5 Å². The Morgan fingerprint density at radius 2 is 1.95 bits per heavy atom. The van der Waals surface area contributed by atoms with Crippen molar-refractivity contribution in [3.63, 3.8) is 0 Å². The van der Waals surface area contributed by atoms with Crippen LogP contribution in [0.1, 0.15) is 5.56 Å². The molecule has 6 nitrogen and oxygen atoms in total. The zero-order chi connectivity index (χ0) is 14.1. The van der Waals surface area contributed by atoms with Crippen LogP contribution < -0.4 is 19.5 Å². The Morgan fingerprint density at radius 1 is 1.20 bits per heavy atom. The van der Waals surface area contributed by atoms with Gasteiger partial charge in [-0.25, -0.2) is 4.98 Å². The minimum absolute atomic E-state index is 0.321. The minimum atomic E-state index is 0.321. The van der Waals surface area contributed by atoms with Crippen LogP contribution >= 0.6 is 11.6 Å². The highest BCUT2D eigenvalue weighted by Crippen LogP contribution is 2.41. The quantitative estimate of drug-likeness (QED) is 0.859. The van der Waals surface area contributed by atoms with E-state index in [1.54, 1.807) is 20.3 Å². The summed E-state index contributed by atoms with van der Waals surface area (Å²) in [6.45, 7) is 0.524. The molecular formula is C13H12ClN3O3. The van der Waals surface area contributed by atoms with Gasteiger partial charge in [-0.3, -0.25) is 0 Å². The number of aromatic nitrogens is 2. The van der Waals surface area contributed by atoms with Gasteiger partial charge < -0.3 is 19.5 Å². The van der Waals surface area contributed by atoms with Crippen LogP contribution in [-0.2, 0) is 6.54 Å². The van der Waals surface area contributed by atoms with Crippen LogP contribution in [0, 0.1) is 0 Å². The number of rotatable bonds is 2. The number of nitrogens with one attached hydrogen (secondary N) is 1. The lowest BCUT2D eigenvalue weighted by Crippen LogP contribution is -2.00. The first-order chi connectivity index (χ1) is 9.72. The zero-order valence-corrected chi connectivity index (χ0v) is 11.7. The Morgan fingerprint density at radius 3 is 2.70 bits per heavy atom.